The van der Waals surface area contributed by atoms with Crippen LogP contribution in [0.15, 0.2) is 0 Å². The van der Waals surface area contributed by atoms with Gasteiger partial charge in [0.25, 0.3) is 0 Å². The Morgan fingerprint density at radius 2 is 2.50 bits per heavy atom. The van der Waals surface area contributed by atoms with Crippen LogP contribution in [0.4, 0.5) is 0 Å². The molecule has 0 radical (unpaired) electrons. The number of ether oxygens (including phenoxy) is 2. The Morgan fingerprint density at radius 3 is 3.08 bits per heavy atom. The summed E-state index contributed by atoms with van der Waals surface area (Å²) in [7, 11) is 1.71. The van der Waals surface area contributed by atoms with Gasteiger partial charge in [0, 0.05) is 26.4 Å². The molecule has 0 aromatic carbocycles. The predicted molar refractivity (Wildman–Crippen MR) is 48.1 cm³/mol. The van der Waals surface area contributed by atoms with Crippen molar-refractivity contribution < 1.29 is 9.47 Å². The maximum Gasteiger partial charge on any atom is 0.0590 e. The molecule has 12 heavy (non-hydrogen) atoms. The molecule has 1 saturated heterocycles. The molecule has 3 heteroatoms. The number of hydrogen-bond donors (Lipinski definition) is 1. The average Bonchev–Trinajstić information content (AvgIpc) is 2.53. The van der Waals surface area contributed by atoms with E-state index in [0.29, 0.717) is 6.10 Å². The van der Waals surface area contributed by atoms with Crippen molar-refractivity contribution in [2.45, 2.75) is 37.8 Å². The molecule has 0 amide bonds. The summed E-state index contributed by atoms with van der Waals surface area (Å²) in [4.78, 5) is 0. The molecule has 1 aliphatic heterocycles. The van der Waals surface area contributed by atoms with E-state index in [0.717, 1.165) is 26.1 Å². The minimum absolute atomic E-state index is 0.244. The molecule has 1 aliphatic rings. The Kier molecular flexibility index (Phi) is 4.58. The third kappa shape index (κ3) is 3.52. The summed E-state index contributed by atoms with van der Waals surface area (Å²) in [6.45, 7) is 1.68. The number of methoxy groups -OCH3 is 1. The fourth-order valence-electron chi connectivity index (χ4n) is 1.55. The molecule has 72 valence electrons. The van der Waals surface area contributed by atoms with Crippen molar-refractivity contribution in [2.75, 3.05) is 20.3 Å². The molecular weight excluding hydrogens is 154 g/mol. The van der Waals surface area contributed by atoms with E-state index in [-0.39, 0.29) is 6.04 Å². The first-order valence-corrected chi connectivity index (χ1v) is 4.69. The lowest BCUT2D eigenvalue weighted by Crippen LogP contribution is -2.27. The van der Waals surface area contributed by atoms with Crippen LogP contribution in [0, 0.1) is 0 Å². The summed E-state index contributed by atoms with van der Waals surface area (Å²) in [6, 6.07) is 0.244. The second-order valence-electron chi connectivity index (χ2n) is 3.41. The van der Waals surface area contributed by atoms with Crippen molar-refractivity contribution in [3.8, 4) is 0 Å². The van der Waals surface area contributed by atoms with Crippen molar-refractivity contribution in [3.63, 3.8) is 0 Å². The van der Waals surface area contributed by atoms with Gasteiger partial charge in [0.15, 0.2) is 0 Å². The molecule has 3 nitrogen and oxygen atoms in total. The van der Waals surface area contributed by atoms with Crippen LogP contribution in [0.1, 0.15) is 25.7 Å². The third-order valence-corrected chi connectivity index (χ3v) is 2.28. The lowest BCUT2D eigenvalue weighted by Gasteiger charge is -2.15. The van der Waals surface area contributed by atoms with E-state index in [1.54, 1.807) is 7.11 Å². The molecule has 2 N–H and O–H groups in total. The van der Waals surface area contributed by atoms with Gasteiger partial charge in [-0.15, -0.1) is 0 Å². The quantitative estimate of drug-likeness (QED) is 0.672. The monoisotopic (exact) mass is 173 g/mol. The zero-order valence-corrected chi connectivity index (χ0v) is 7.79. The molecule has 0 aromatic rings. The van der Waals surface area contributed by atoms with Crippen LogP contribution in [0.2, 0.25) is 0 Å². The molecule has 0 aliphatic carbocycles. The molecule has 2 unspecified atom stereocenters. The van der Waals surface area contributed by atoms with Gasteiger partial charge in [0.1, 0.15) is 0 Å². The average molecular weight is 173 g/mol. The predicted octanol–water partition coefficient (Wildman–Crippen LogP) is 0.919. The second kappa shape index (κ2) is 5.51. The van der Waals surface area contributed by atoms with E-state index in [4.69, 9.17) is 15.2 Å². The van der Waals surface area contributed by atoms with Gasteiger partial charge in [-0.3, -0.25) is 0 Å². The zero-order valence-electron chi connectivity index (χ0n) is 7.79. The first kappa shape index (κ1) is 9.96. The van der Waals surface area contributed by atoms with Crippen LogP contribution in [0.25, 0.3) is 0 Å². The fourth-order valence-corrected chi connectivity index (χ4v) is 1.55. The summed E-state index contributed by atoms with van der Waals surface area (Å²) in [5.74, 6) is 0. The van der Waals surface area contributed by atoms with Gasteiger partial charge in [0.2, 0.25) is 0 Å². The fraction of sp³-hybridized carbons (Fsp3) is 1.00. The molecule has 0 spiro atoms. The van der Waals surface area contributed by atoms with Crippen LogP contribution >= 0.6 is 0 Å². The summed E-state index contributed by atoms with van der Waals surface area (Å²) < 4.78 is 10.4. The van der Waals surface area contributed by atoms with E-state index in [2.05, 4.69) is 0 Å². The van der Waals surface area contributed by atoms with E-state index in [1.165, 1.54) is 12.8 Å². The van der Waals surface area contributed by atoms with Gasteiger partial charge in [0.05, 0.1) is 6.10 Å². The Hall–Kier alpha value is -0.120. The highest BCUT2D eigenvalue weighted by Crippen LogP contribution is 2.17. The molecule has 1 rings (SSSR count). The van der Waals surface area contributed by atoms with Crippen LogP contribution in [0.5, 0.6) is 0 Å². The highest BCUT2D eigenvalue weighted by molar-refractivity contribution is 4.72. The van der Waals surface area contributed by atoms with Crippen molar-refractivity contribution in [1.29, 1.82) is 0 Å². The first-order chi connectivity index (χ1) is 5.83. The molecule has 0 saturated carbocycles. The van der Waals surface area contributed by atoms with Crippen molar-refractivity contribution in [2.24, 2.45) is 5.73 Å². The van der Waals surface area contributed by atoms with E-state index in [1.807, 2.05) is 0 Å². The Labute approximate surface area is 74.2 Å². The maximum absolute atomic E-state index is 5.88. The second-order valence-corrected chi connectivity index (χ2v) is 3.41. The Balaban J connectivity index is 2.03. The minimum atomic E-state index is 0.244. The maximum atomic E-state index is 5.88. The number of hydrogen-bond acceptors (Lipinski definition) is 3. The van der Waals surface area contributed by atoms with Crippen LogP contribution in [-0.4, -0.2) is 32.5 Å². The van der Waals surface area contributed by atoms with Gasteiger partial charge < -0.3 is 15.2 Å². The van der Waals surface area contributed by atoms with E-state index >= 15 is 0 Å². The van der Waals surface area contributed by atoms with Crippen LogP contribution < -0.4 is 5.73 Å². The van der Waals surface area contributed by atoms with Crippen molar-refractivity contribution in [3.05, 3.63) is 0 Å². The van der Waals surface area contributed by atoms with Gasteiger partial charge in [-0.2, -0.15) is 0 Å². The third-order valence-electron chi connectivity index (χ3n) is 2.28. The molecule has 2 atom stereocenters. The van der Waals surface area contributed by atoms with Crippen LogP contribution in [0.3, 0.4) is 0 Å². The highest BCUT2D eigenvalue weighted by atomic mass is 16.5. The normalized spacial score (nSPS) is 26.0. The number of nitrogens with two attached hydrogens (primary N) is 1. The smallest absolute Gasteiger partial charge is 0.0590 e. The van der Waals surface area contributed by atoms with Gasteiger partial charge >= 0.3 is 0 Å². The lowest BCUT2D eigenvalue weighted by atomic mass is 10.1. The molecule has 1 fully saturated rings. The lowest BCUT2D eigenvalue weighted by molar-refractivity contribution is 0.0933. The van der Waals surface area contributed by atoms with Gasteiger partial charge in [-0.05, 0) is 25.7 Å². The highest BCUT2D eigenvalue weighted by Gasteiger charge is 2.18. The van der Waals surface area contributed by atoms with Gasteiger partial charge in [-0.1, -0.05) is 0 Å². The Bertz CT molecular complexity index is 113. The van der Waals surface area contributed by atoms with Crippen molar-refractivity contribution in [1.82, 2.24) is 0 Å². The van der Waals surface area contributed by atoms with Crippen LogP contribution in [-0.2, 0) is 9.47 Å². The molecule has 0 aromatic heterocycles. The largest absolute Gasteiger partial charge is 0.385 e. The standard InChI is InChI=1S/C9H19NO2/c1-11-6-4-8(10)7-9-3-2-5-12-9/h8-9H,2-7,10H2,1H3. The molecule has 1 heterocycles. The minimum Gasteiger partial charge on any atom is -0.385 e. The number of rotatable bonds is 5. The van der Waals surface area contributed by atoms with Gasteiger partial charge in [-0.25, -0.2) is 0 Å². The topological polar surface area (TPSA) is 44.5 Å². The summed E-state index contributed by atoms with van der Waals surface area (Å²) >= 11 is 0. The summed E-state index contributed by atoms with van der Waals surface area (Å²) in [5, 5.41) is 0. The van der Waals surface area contributed by atoms with Crippen molar-refractivity contribution >= 4 is 0 Å². The SMILES string of the molecule is COCCC(N)CC1CCCO1. The summed E-state index contributed by atoms with van der Waals surface area (Å²) in [5.41, 5.74) is 5.88. The molecular formula is C9H19NO2. The zero-order chi connectivity index (χ0) is 8.81. The first-order valence-electron chi connectivity index (χ1n) is 4.69. The summed E-state index contributed by atoms with van der Waals surface area (Å²) in [6.07, 6.45) is 4.72. The van der Waals surface area contributed by atoms with E-state index in [9.17, 15) is 0 Å². The molecule has 0 bridgehead atoms. The van der Waals surface area contributed by atoms with E-state index < -0.39 is 0 Å². The Morgan fingerprint density at radius 1 is 1.67 bits per heavy atom.